The molecule has 1 spiro atoms. The lowest BCUT2D eigenvalue weighted by Crippen LogP contribution is -2.29. The average molecular weight is 263 g/mol. The molecule has 19 heavy (non-hydrogen) atoms. The molecule has 104 valence electrons. The van der Waals surface area contributed by atoms with Crippen molar-refractivity contribution in [3.63, 3.8) is 0 Å². The number of Topliss-reactive ketones (excluding diaryl/α,β-unsaturated/α-hetero) is 1. The normalized spacial score (nSPS) is 23.7. The third-order valence-electron chi connectivity index (χ3n) is 4.11. The van der Waals surface area contributed by atoms with E-state index in [1.165, 1.54) is 0 Å². The molecule has 0 amide bonds. The maximum Gasteiger partial charge on any atom is 0.320 e. The van der Waals surface area contributed by atoms with Crippen LogP contribution in [0.3, 0.4) is 0 Å². The van der Waals surface area contributed by atoms with Crippen LogP contribution in [0.5, 0.6) is 0 Å². The Kier molecular flexibility index (Phi) is 4.20. The maximum absolute atomic E-state index is 12.0. The molecule has 2 aliphatic rings. The molecule has 2 atom stereocenters. The van der Waals surface area contributed by atoms with Crippen molar-refractivity contribution in [1.29, 1.82) is 0 Å². The number of nitrogens with two attached hydrogens (primary N) is 1. The molecule has 0 saturated heterocycles. The summed E-state index contributed by atoms with van der Waals surface area (Å²) in [4.78, 5) is 22.5. The van der Waals surface area contributed by atoms with Crippen LogP contribution in [0.1, 0.15) is 38.5 Å². The molecule has 0 heterocycles. The number of ketones is 1. The number of unbranched alkanes of at least 4 members (excludes halogenated alkanes) is 2. The first-order valence-electron chi connectivity index (χ1n) is 6.93. The number of rotatable bonds is 8. The molecule has 1 fully saturated rings. The van der Waals surface area contributed by atoms with E-state index in [1.807, 2.05) is 12.2 Å². The van der Waals surface area contributed by atoms with Crippen molar-refractivity contribution in [3.8, 4) is 0 Å². The lowest BCUT2D eigenvalue weighted by Gasteiger charge is -2.06. The Morgan fingerprint density at radius 2 is 1.95 bits per heavy atom. The Labute approximate surface area is 113 Å². The Hall–Kier alpha value is -1.42. The van der Waals surface area contributed by atoms with Gasteiger partial charge in [0, 0.05) is 17.8 Å². The van der Waals surface area contributed by atoms with Gasteiger partial charge in [-0.15, -0.1) is 0 Å². The number of hydrogen-bond acceptors (Lipinski definition) is 3. The van der Waals surface area contributed by atoms with E-state index in [-0.39, 0.29) is 11.3 Å². The largest absolute Gasteiger partial charge is 0.480 e. The van der Waals surface area contributed by atoms with Crippen LogP contribution in [0, 0.1) is 11.3 Å². The molecule has 0 bridgehead atoms. The van der Waals surface area contributed by atoms with Gasteiger partial charge in [0.1, 0.15) is 11.8 Å². The summed E-state index contributed by atoms with van der Waals surface area (Å²) in [6.45, 7) is 0. The fourth-order valence-corrected chi connectivity index (χ4v) is 2.74. The summed E-state index contributed by atoms with van der Waals surface area (Å²) >= 11 is 0. The van der Waals surface area contributed by atoms with Crippen molar-refractivity contribution in [1.82, 2.24) is 0 Å². The zero-order valence-corrected chi connectivity index (χ0v) is 11.0. The van der Waals surface area contributed by atoms with Gasteiger partial charge in [0.15, 0.2) is 0 Å². The highest BCUT2D eigenvalue weighted by Crippen LogP contribution is 2.57. The van der Waals surface area contributed by atoms with Crippen LogP contribution in [-0.4, -0.2) is 22.9 Å². The van der Waals surface area contributed by atoms with E-state index in [0.29, 0.717) is 18.6 Å². The SMILES string of the molecule is N[C@@H](CCCCCC(=O)C1CC12C=CC=C2)C(=O)O. The molecule has 2 rings (SSSR count). The molecular formula is C15H21NO3. The first kappa shape index (κ1) is 14.0. The molecule has 1 saturated carbocycles. The highest BCUT2D eigenvalue weighted by Gasteiger charge is 2.54. The van der Waals surface area contributed by atoms with E-state index in [1.54, 1.807) is 0 Å². The summed E-state index contributed by atoms with van der Waals surface area (Å²) in [5.41, 5.74) is 5.47. The highest BCUT2D eigenvalue weighted by molar-refractivity contribution is 5.86. The van der Waals surface area contributed by atoms with Gasteiger partial charge in [-0.1, -0.05) is 37.1 Å². The number of carbonyl (C=O) groups excluding carboxylic acids is 1. The highest BCUT2D eigenvalue weighted by atomic mass is 16.4. The van der Waals surface area contributed by atoms with Crippen molar-refractivity contribution in [2.24, 2.45) is 17.1 Å². The van der Waals surface area contributed by atoms with Gasteiger partial charge in [-0.2, -0.15) is 0 Å². The average Bonchev–Trinajstić information content (AvgIpc) is 2.86. The van der Waals surface area contributed by atoms with Gasteiger partial charge in [-0.3, -0.25) is 9.59 Å². The second kappa shape index (κ2) is 5.70. The number of carboxylic acids is 1. The summed E-state index contributed by atoms with van der Waals surface area (Å²) in [7, 11) is 0. The number of hydrogen-bond donors (Lipinski definition) is 2. The predicted molar refractivity (Wildman–Crippen MR) is 72.5 cm³/mol. The van der Waals surface area contributed by atoms with E-state index < -0.39 is 12.0 Å². The summed E-state index contributed by atoms with van der Waals surface area (Å²) in [5.74, 6) is -0.418. The van der Waals surface area contributed by atoms with Gasteiger partial charge >= 0.3 is 5.97 Å². The summed E-state index contributed by atoms with van der Waals surface area (Å²) in [6, 6.07) is -0.767. The minimum absolute atomic E-state index is 0.0583. The zero-order chi connectivity index (χ0) is 13.9. The van der Waals surface area contributed by atoms with Crippen molar-refractivity contribution >= 4 is 11.8 Å². The van der Waals surface area contributed by atoms with Gasteiger partial charge in [-0.05, 0) is 19.3 Å². The standard InChI is InChI=1S/C15H21NO3/c16-12(14(18)19)6-2-1-3-7-13(17)11-10-15(11)8-4-5-9-15/h4-5,8-9,11-12H,1-3,6-7,10,16H2,(H,18,19)/t11?,12-/m0/s1. The quantitative estimate of drug-likeness (QED) is 0.657. The van der Waals surface area contributed by atoms with Crippen LogP contribution < -0.4 is 5.73 Å². The van der Waals surface area contributed by atoms with Crippen LogP contribution in [0.2, 0.25) is 0 Å². The van der Waals surface area contributed by atoms with Crippen molar-refractivity contribution in [2.45, 2.75) is 44.6 Å². The van der Waals surface area contributed by atoms with Crippen molar-refractivity contribution in [2.75, 3.05) is 0 Å². The van der Waals surface area contributed by atoms with Crippen molar-refractivity contribution in [3.05, 3.63) is 24.3 Å². The Morgan fingerprint density at radius 3 is 2.58 bits per heavy atom. The molecule has 4 heteroatoms. The predicted octanol–water partition coefficient (Wildman–Crippen LogP) is 2.05. The zero-order valence-electron chi connectivity index (χ0n) is 11.0. The van der Waals surface area contributed by atoms with E-state index >= 15 is 0 Å². The van der Waals surface area contributed by atoms with E-state index in [0.717, 1.165) is 25.7 Å². The molecule has 0 aromatic carbocycles. The van der Waals surface area contributed by atoms with Crippen LogP contribution in [0.25, 0.3) is 0 Å². The minimum atomic E-state index is -0.948. The topological polar surface area (TPSA) is 80.4 Å². The van der Waals surface area contributed by atoms with Gasteiger partial charge in [-0.25, -0.2) is 0 Å². The molecule has 0 radical (unpaired) electrons. The summed E-state index contributed by atoms with van der Waals surface area (Å²) in [6.07, 6.45) is 12.8. The van der Waals surface area contributed by atoms with Crippen LogP contribution in [-0.2, 0) is 9.59 Å². The first-order valence-corrected chi connectivity index (χ1v) is 6.93. The fraction of sp³-hybridized carbons (Fsp3) is 0.600. The molecule has 0 aliphatic heterocycles. The van der Waals surface area contributed by atoms with Gasteiger partial charge in [0.25, 0.3) is 0 Å². The molecule has 3 N–H and O–H groups in total. The van der Waals surface area contributed by atoms with Crippen LogP contribution >= 0.6 is 0 Å². The second-order valence-corrected chi connectivity index (χ2v) is 5.60. The lowest BCUT2D eigenvalue weighted by molar-refractivity contribution is -0.138. The fourth-order valence-electron chi connectivity index (χ4n) is 2.74. The second-order valence-electron chi connectivity index (χ2n) is 5.60. The monoisotopic (exact) mass is 263 g/mol. The van der Waals surface area contributed by atoms with E-state index in [2.05, 4.69) is 12.2 Å². The smallest absolute Gasteiger partial charge is 0.320 e. The first-order chi connectivity index (χ1) is 9.05. The molecule has 1 unspecified atom stereocenters. The number of allylic oxidation sites excluding steroid dienone is 4. The molecule has 0 aromatic rings. The maximum atomic E-state index is 12.0. The minimum Gasteiger partial charge on any atom is -0.480 e. The summed E-state index contributed by atoms with van der Waals surface area (Å²) in [5, 5.41) is 8.63. The Morgan fingerprint density at radius 1 is 1.26 bits per heavy atom. The van der Waals surface area contributed by atoms with Gasteiger partial charge in [0.05, 0.1) is 0 Å². The molecule has 0 aromatic heterocycles. The number of carboxylic acid groups (broad SMARTS) is 1. The summed E-state index contributed by atoms with van der Waals surface area (Å²) < 4.78 is 0. The van der Waals surface area contributed by atoms with Gasteiger partial charge in [0.2, 0.25) is 0 Å². The van der Waals surface area contributed by atoms with E-state index in [4.69, 9.17) is 10.8 Å². The third kappa shape index (κ3) is 3.32. The van der Waals surface area contributed by atoms with Crippen LogP contribution in [0.4, 0.5) is 0 Å². The Bertz CT molecular complexity index is 413. The van der Waals surface area contributed by atoms with Crippen LogP contribution in [0.15, 0.2) is 24.3 Å². The third-order valence-corrected chi connectivity index (χ3v) is 4.11. The lowest BCUT2D eigenvalue weighted by atomic mass is 10.00. The molecule has 2 aliphatic carbocycles. The van der Waals surface area contributed by atoms with Crippen molar-refractivity contribution < 1.29 is 14.7 Å². The number of aliphatic carboxylic acids is 1. The Balaban J connectivity index is 1.57. The number of carbonyl (C=O) groups is 2. The molecule has 4 nitrogen and oxygen atoms in total. The van der Waals surface area contributed by atoms with E-state index in [9.17, 15) is 9.59 Å². The van der Waals surface area contributed by atoms with Gasteiger partial charge < -0.3 is 10.8 Å². The molecular weight excluding hydrogens is 242 g/mol.